The van der Waals surface area contributed by atoms with Crippen molar-refractivity contribution in [2.45, 2.75) is 26.3 Å². The summed E-state index contributed by atoms with van der Waals surface area (Å²) in [6, 6.07) is 15.2. The van der Waals surface area contributed by atoms with Crippen LogP contribution in [-0.2, 0) is 16.1 Å². The molecule has 6 heteroatoms. The molecule has 1 aliphatic heterocycles. The van der Waals surface area contributed by atoms with Gasteiger partial charge in [-0.2, -0.15) is 0 Å². The van der Waals surface area contributed by atoms with Crippen molar-refractivity contribution >= 4 is 29.2 Å². The van der Waals surface area contributed by atoms with E-state index in [-0.39, 0.29) is 23.5 Å². The average Bonchev–Trinajstić information content (AvgIpc) is 2.69. The Hall–Kier alpha value is -2.37. The van der Waals surface area contributed by atoms with Gasteiger partial charge in [0.2, 0.25) is 5.91 Å². The van der Waals surface area contributed by atoms with E-state index in [0.29, 0.717) is 11.3 Å². The number of nitrogens with one attached hydrogen (secondary N) is 1. The second-order valence-corrected chi connectivity index (χ2v) is 7.35. The molecule has 0 spiro atoms. The summed E-state index contributed by atoms with van der Waals surface area (Å²) in [5.41, 5.74) is 2.19. The molecule has 1 N–H and O–H groups in total. The van der Waals surface area contributed by atoms with E-state index in [0.717, 1.165) is 32.5 Å². The van der Waals surface area contributed by atoms with Gasteiger partial charge >= 0.3 is 5.97 Å². The molecule has 0 bridgehead atoms. The summed E-state index contributed by atoms with van der Waals surface area (Å²) in [5, 5.41) is 3.19. The highest BCUT2D eigenvalue weighted by molar-refractivity contribution is 6.34. The molecule has 0 aromatic heterocycles. The highest BCUT2D eigenvalue weighted by Gasteiger charge is 2.25. The number of ether oxygens (including phenoxy) is 1. The zero-order chi connectivity index (χ0) is 19.9. The quantitative estimate of drug-likeness (QED) is 0.731. The first-order chi connectivity index (χ1) is 13.6. The van der Waals surface area contributed by atoms with Crippen LogP contribution in [0.15, 0.2) is 48.5 Å². The molecule has 2 aromatic rings. The standard InChI is InChI=1S/C22H25ClN2O3/c1-2-28-22(27)19-9-8-18(14-20(19)23)24-21(26)17-10-12-25(13-11-17)15-16-6-4-3-5-7-16/h3-9,14,17H,2,10-13,15H2,1H3,(H,24,26). The third-order valence-corrected chi connectivity index (χ3v) is 5.25. The van der Waals surface area contributed by atoms with Gasteiger partial charge in [-0.3, -0.25) is 9.69 Å². The van der Waals surface area contributed by atoms with E-state index in [1.807, 2.05) is 18.2 Å². The van der Waals surface area contributed by atoms with Gasteiger partial charge in [-0.25, -0.2) is 4.79 Å². The monoisotopic (exact) mass is 400 g/mol. The first-order valence-corrected chi connectivity index (χ1v) is 9.98. The molecular weight excluding hydrogens is 376 g/mol. The Kier molecular flexibility index (Phi) is 7.06. The first-order valence-electron chi connectivity index (χ1n) is 9.60. The van der Waals surface area contributed by atoms with Crippen molar-refractivity contribution in [3.8, 4) is 0 Å². The molecule has 1 heterocycles. The molecule has 1 aliphatic rings. The molecule has 3 rings (SSSR count). The molecule has 1 saturated heterocycles. The van der Waals surface area contributed by atoms with Gasteiger partial charge in [0.05, 0.1) is 17.2 Å². The van der Waals surface area contributed by atoms with Crippen LogP contribution in [-0.4, -0.2) is 36.5 Å². The van der Waals surface area contributed by atoms with Crippen LogP contribution in [0.1, 0.15) is 35.7 Å². The lowest BCUT2D eigenvalue weighted by Crippen LogP contribution is -2.37. The van der Waals surface area contributed by atoms with Crippen LogP contribution in [0, 0.1) is 5.92 Å². The predicted octanol–water partition coefficient (Wildman–Crippen LogP) is 4.37. The average molecular weight is 401 g/mol. The summed E-state index contributed by atoms with van der Waals surface area (Å²) < 4.78 is 4.96. The number of carbonyl (C=O) groups excluding carboxylic acids is 2. The Labute approximate surface area is 170 Å². The highest BCUT2D eigenvalue weighted by Crippen LogP contribution is 2.24. The van der Waals surface area contributed by atoms with Crippen LogP contribution in [0.2, 0.25) is 5.02 Å². The highest BCUT2D eigenvalue weighted by atomic mass is 35.5. The number of anilines is 1. The van der Waals surface area contributed by atoms with Crippen LogP contribution in [0.25, 0.3) is 0 Å². The van der Waals surface area contributed by atoms with Crippen molar-refractivity contribution in [3.63, 3.8) is 0 Å². The summed E-state index contributed by atoms with van der Waals surface area (Å²) in [4.78, 5) is 26.8. The van der Waals surface area contributed by atoms with Crippen molar-refractivity contribution < 1.29 is 14.3 Å². The van der Waals surface area contributed by atoms with Gasteiger partial charge in [0, 0.05) is 18.2 Å². The van der Waals surface area contributed by atoms with Gasteiger partial charge in [-0.05, 0) is 56.6 Å². The maximum absolute atomic E-state index is 12.6. The van der Waals surface area contributed by atoms with Gasteiger partial charge in [0.1, 0.15) is 0 Å². The van der Waals surface area contributed by atoms with Gasteiger partial charge < -0.3 is 10.1 Å². The number of amides is 1. The number of hydrogen-bond donors (Lipinski definition) is 1. The van der Waals surface area contributed by atoms with Crippen LogP contribution >= 0.6 is 11.6 Å². The number of likely N-dealkylation sites (tertiary alicyclic amines) is 1. The third-order valence-electron chi connectivity index (χ3n) is 4.94. The first kappa shape index (κ1) is 20.4. The summed E-state index contributed by atoms with van der Waals surface area (Å²) in [5.74, 6) is -0.481. The van der Waals surface area contributed by atoms with E-state index < -0.39 is 5.97 Å². The molecule has 1 amide bonds. The molecule has 5 nitrogen and oxygen atoms in total. The van der Waals surface area contributed by atoms with Crippen LogP contribution in [0.3, 0.4) is 0 Å². The number of carbonyl (C=O) groups is 2. The third kappa shape index (κ3) is 5.33. The number of nitrogens with zero attached hydrogens (tertiary/aromatic N) is 1. The maximum Gasteiger partial charge on any atom is 0.339 e. The van der Waals surface area contributed by atoms with E-state index in [2.05, 4.69) is 22.3 Å². The smallest absolute Gasteiger partial charge is 0.339 e. The van der Waals surface area contributed by atoms with E-state index in [9.17, 15) is 9.59 Å². The molecular formula is C22H25ClN2O3. The summed E-state index contributed by atoms with van der Waals surface area (Å²) in [6.45, 7) is 4.74. The Morgan fingerprint density at radius 2 is 1.86 bits per heavy atom. The minimum atomic E-state index is -0.462. The van der Waals surface area contributed by atoms with Crippen LogP contribution < -0.4 is 5.32 Å². The number of hydrogen-bond acceptors (Lipinski definition) is 4. The summed E-state index contributed by atoms with van der Waals surface area (Å²) >= 11 is 6.17. The van der Waals surface area contributed by atoms with Crippen LogP contribution in [0.5, 0.6) is 0 Å². The Morgan fingerprint density at radius 3 is 2.50 bits per heavy atom. The minimum Gasteiger partial charge on any atom is -0.462 e. The molecule has 1 fully saturated rings. The molecule has 28 heavy (non-hydrogen) atoms. The number of benzene rings is 2. The lowest BCUT2D eigenvalue weighted by molar-refractivity contribution is -0.121. The fourth-order valence-electron chi connectivity index (χ4n) is 3.41. The number of rotatable bonds is 6. The Bertz CT molecular complexity index is 818. The minimum absolute atomic E-state index is 0.000637. The predicted molar refractivity (Wildman–Crippen MR) is 110 cm³/mol. The molecule has 0 saturated carbocycles. The maximum atomic E-state index is 12.6. The number of piperidine rings is 1. The van der Waals surface area contributed by atoms with E-state index in [1.54, 1.807) is 25.1 Å². The van der Waals surface area contributed by atoms with Crippen molar-refractivity contribution in [3.05, 3.63) is 64.7 Å². The Balaban J connectivity index is 1.52. The van der Waals surface area contributed by atoms with Gasteiger partial charge in [-0.15, -0.1) is 0 Å². The van der Waals surface area contributed by atoms with Gasteiger partial charge in [-0.1, -0.05) is 41.9 Å². The normalized spacial score (nSPS) is 15.2. The zero-order valence-corrected chi connectivity index (χ0v) is 16.7. The topological polar surface area (TPSA) is 58.6 Å². The van der Waals surface area contributed by atoms with Crippen molar-refractivity contribution in [1.29, 1.82) is 0 Å². The summed E-state index contributed by atoms with van der Waals surface area (Å²) in [7, 11) is 0. The van der Waals surface area contributed by atoms with Crippen LogP contribution in [0.4, 0.5) is 5.69 Å². The van der Waals surface area contributed by atoms with E-state index in [4.69, 9.17) is 16.3 Å². The zero-order valence-electron chi connectivity index (χ0n) is 16.0. The van der Waals surface area contributed by atoms with Gasteiger partial charge in [0.25, 0.3) is 0 Å². The molecule has 0 aliphatic carbocycles. The number of halogens is 1. The lowest BCUT2D eigenvalue weighted by atomic mass is 9.95. The largest absolute Gasteiger partial charge is 0.462 e. The van der Waals surface area contributed by atoms with Gasteiger partial charge in [0.15, 0.2) is 0 Å². The van der Waals surface area contributed by atoms with Crippen molar-refractivity contribution in [2.75, 3.05) is 25.0 Å². The SMILES string of the molecule is CCOC(=O)c1ccc(NC(=O)C2CCN(Cc3ccccc3)CC2)cc1Cl. The summed E-state index contributed by atoms with van der Waals surface area (Å²) in [6.07, 6.45) is 1.65. The molecule has 0 atom stereocenters. The molecule has 148 valence electrons. The van der Waals surface area contributed by atoms with Crippen molar-refractivity contribution in [2.24, 2.45) is 5.92 Å². The molecule has 0 radical (unpaired) electrons. The Morgan fingerprint density at radius 1 is 1.14 bits per heavy atom. The molecule has 2 aromatic carbocycles. The second kappa shape index (κ2) is 9.71. The second-order valence-electron chi connectivity index (χ2n) is 6.94. The molecule has 0 unspecified atom stereocenters. The lowest BCUT2D eigenvalue weighted by Gasteiger charge is -2.31. The number of esters is 1. The fraction of sp³-hybridized carbons (Fsp3) is 0.364. The van der Waals surface area contributed by atoms with Crippen molar-refractivity contribution in [1.82, 2.24) is 4.90 Å². The fourth-order valence-corrected chi connectivity index (χ4v) is 3.66. The van der Waals surface area contributed by atoms with E-state index >= 15 is 0 Å². The van der Waals surface area contributed by atoms with E-state index in [1.165, 1.54) is 5.56 Å².